The Kier molecular flexibility index (Phi) is 5.95. The summed E-state index contributed by atoms with van der Waals surface area (Å²) in [6.45, 7) is 0.130. The highest BCUT2D eigenvalue weighted by atomic mass is 79.9. The van der Waals surface area contributed by atoms with Crippen molar-refractivity contribution in [3.63, 3.8) is 0 Å². The zero-order valence-corrected chi connectivity index (χ0v) is 17.9. The normalized spacial score (nSPS) is 11.0. The summed E-state index contributed by atoms with van der Waals surface area (Å²) in [6.07, 6.45) is 3.24. The van der Waals surface area contributed by atoms with Gasteiger partial charge in [0.1, 0.15) is 0 Å². The van der Waals surface area contributed by atoms with Crippen LogP contribution in [0.4, 0.5) is 5.69 Å². The van der Waals surface area contributed by atoms with E-state index in [4.69, 9.17) is 5.26 Å². The summed E-state index contributed by atoms with van der Waals surface area (Å²) in [7, 11) is -3.83. The van der Waals surface area contributed by atoms with Crippen LogP contribution in [0.1, 0.15) is 11.1 Å². The van der Waals surface area contributed by atoms with E-state index in [0.29, 0.717) is 15.7 Å². The lowest BCUT2D eigenvalue weighted by atomic mass is 10.2. The summed E-state index contributed by atoms with van der Waals surface area (Å²) < 4.78 is 29.4. The fourth-order valence-electron chi connectivity index (χ4n) is 2.47. The minimum Gasteiger partial charge on any atom is -0.265 e. The molecule has 0 aliphatic heterocycles. The number of hydrogen-bond donors (Lipinski definition) is 0. The summed E-state index contributed by atoms with van der Waals surface area (Å²) >= 11 is 6.72. The molecule has 3 aromatic rings. The lowest BCUT2D eigenvalue weighted by Gasteiger charge is -2.26. The number of halogens is 2. The SMILES string of the molecule is N#Cc1ccc(N(Cc2ccncc2)S(=O)(=O)c2ccc(Br)cc2)c(Br)c1. The lowest BCUT2D eigenvalue weighted by Crippen LogP contribution is -2.31. The molecule has 0 bridgehead atoms. The van der Waals surface area contributed by atoms with E-state index >= 15 is 0 Å². The van der Waals surface area contributed by atoms with Gasteiger partial charge in [-0.15, -0.1) is 0 Å². The van der Waals surface area contributed by atoms with E-state index in [1.807, 2.05) is 6.07 Å². The maximum absolute atomic E-state index is 13.4. The Hall–Kier alpha value is -2.21. The first-order chi connectivity index (χ1) is 12.9. The molecule has 0 saturated heterocycles. The van der Waals surface area contributed by atoms with Crippen LogP contribution in [-0.4, -0.2) is 13.4 Å². The zero-order valence-electron chi connectivity index (χ0n) is 13.9. The molecule has 136 valence electrons. The van der Waals surface area contributed by atoms with E-state index in [1.54, 1.807) is 67.0 Å². The number of benzene rings is 2. The van der Waals surface area contributed by atoms with Crippen LogP contribution in [0.15, 0.2) is 80.8 Å². The molecule has 5 nitrogen and oxygen atoms in total. The molecule has 0 radical (unpaired) electrons. The van der Waals surface area contributed by atoms with Gasteiger partial charge in [0, 0.05) is 21.3 Å². The van der Waals surface area contributed by atoms with Gasteiger partial charge in [0.15, 0.2) is 0 Å². The Balaban J connectivity index is 2.12. The van der Waals surface area contributed by atoms with Gasteiger partial charge in [0.05, 0.1) is 28.8 Å². The van der Waals surface area contributed by atoms with E-state index in [0.717, 1.165) is 10.0 Å². The van der Waals surface area contributed by atoms with E-state index in [9.17, 15) is 8.42 Å². The van der Waals surface area contributed by atoms with Gasteiger partial charge in [-0.05, 0) is 76.1 Å². The molecule has 1 heterocycles. The number of pyridine rings is 1. The van der Waals surface area contributed by atoms with Crippen LogP contribution in [0.5, 0.6) is 0 Å². The van der Waals surface area contributed by atoms with Crippen LogP contribution < -0.4 is 4.31 Å². The molecule has 1 aromatic heterocycles. The van der Waals surface area contributed by atoms with Crippen LogP contribution in [0, 0.1) is 11.3 Å². The van der Waals surface area contributed by atoms with Crippen molar-refractivity contribution in [1.29, 1.82) is 5.26 Å². The number of sulfonamides is 1. The average molecular weight is 507 g/mol. The van der Waals surface area contributed by atoms with Crippen molar-refractivity contribution < 1.29 is 8.42 Å². The zero-order chi connectivity index (χ0) is 19.4. The highest BCUT2D eigenvalue weighted by Gasteiger charge is 2.27. The molecule has 0 spiro atoms. The third-order valence-corrected chi connectivity index (χ3v) is 6.76. The molecule has 0 saturated carbocycles. The molecule has 0 N–H and O–H groups in total. The minimum absolute atomic E-state index is 0.130. The second-order valence-electron chi connectivity index (χ2n) is 5.60. The molecular formula is C19H13Br2N3O2S. The van der Waals surface area contributed by atoms with Gasteiger partial charge < -0.3 is 0 Å². The number of rotatable bonds is 5. The van der Waals surface area contributed by atoms with Crippen molar-refractivity contribution >= 4 is 47.6 Å². The summed E-state index contributed by atoms with van der Waals surface area (Å²) in [4.78, 5) is 4.15. The fraction of sp³-hybridized carbons (Fsp3) is 0.0526. The Labute approximate surface area is 174 Å². The largest absolute Gasteiger partial charge is 0.265 e. The van der Waals surface area contributed by atoms with Crippen molar-refractivity contribution in [3.05, 3.63) is 87.1 Å². The van der Waals surface area contributed by atoms with Crippen LogP contribution in [0.25, 0.3) is 0 Å². The third kappa shape index (κ3) is 4.38. The fourth-order valence-corrected chi connectivity index (χ4v) is 4.91. The van der Waals surface area contributed by atoms with Crippen molar-refractivity contribution in [2.45, 2.75) is 11.4 Å². The molecule has 0 unspecified atom stereocenters. The monoisotopic (exact) mass is 505 g/mol. The van der Waals surface area contributed by atoms with Gasteiger partial charge in [-0.3, -0.25) is 9.29 Å². The minimum atomic E-state index is -3.83. The van der Waals surface area contributed by atoms with Gasteiger partial charge in [0.25, 0.3) is 10.0 Å². The Morgan fingerprint density at radius 2 is 1.67 bits per heavy atom. The molecule has 0 aliphatic carbocycles. The second kappa shape index (κ2) is 8.21. The first-order valence-electron chi connectivity index (χ1n) is 7.78. The summed E-state index contributed by atoms with van der Waals surface area (Å²) in [5, 5.41) is 9.08. The lowest BCUT2D eigenvalue weighted by molar-refractivity contribution is 0.590. The number of hydrogen-bond acceptors (Lipinski definition) is 4. The first kappa shape index (κ1) is 19.5. The highest BCUT2D eigenvalue weighted by Crippen LogP contribution is 2.33. The molecule has 27 heavy (non-hydrogen) atoms. The number of nitrogens with zero attached hydrogens (tertiary/aromatic N) is 3. The average Bonchev–Trinajstić information content (AvgIpc) is 2.67. The van der Waals surface area contributed by atoms with Crippen LogP contribution in [0.2, 0.25) is 0 Å². The first-order valence-corrected chi connectivity index (χ1v) is 10.8. The van der Waals surface area contributed by atoms with E-state index < -0.39 is 10.0 Å². The molecule has 0 amide bonds. The van der Waals surface area contributed by atoms with E-state index in [2.05, 4.69) is 36.8 Å². The molecule has 2 aromatic carbocycles. The van der Waals surface area contributed by atoms with Crippen molar-refractivity contribution in [2.24, 2.45) is 0 Å². The van der Waals surface area contributed by atoms with Gasteiger partial charge >= 0.3 is 0 Å². The summed E-state index contributed by atoms with van der Waals surface area (Å²) in [5.41, 5.74) is 1.69. The maximum atomic E-state index is 13.4. The van der Waals surface area contributed by atoms with E-state index in [1.165, 1.54) is 4.31 Å². The van der Waals surface area contributed by atoms with Crippen molar-refractivity contribution in [2.75, 3.05) is 4.31 Å². The number of nitriles is 1. The maximum Gasteiger partial charge on any atom is 0.264 e. The van der Waals surface area contributed by atoms with Gasteiger partial charge in [-0.25, -0.2) is 8.42 Å². The Bertz CT molecular complexity index is 1100. The molecular weight excluding hydrogens is 494 g/mol. The molecule has 0 atom stereocenters. The number of aromatic nitrogens is 1. The topological polar surface area (TPSA) is 74.1 Å². The predicted octanol–water partition coefficient (Wildman–Crippen LogP) is 4.87. The van der Waals surface area contributed by atoms with Crippen LogP contribution in [-0.2, 0) is 16.6 Å². The van der Waals surface area contributed by atoms with E-state index in [-0.39, 0.29) is 11.4 Å². The second-order valence-corrected chi connectivity index (χ2v) is 9.23. The third-order valence-electron chi connectivity index (χ3n) is 3.82. The molecule has 8 heteroatoms. The summed E-state index contributed by atoms with van der Waals surface area (Å²) in [6, 6.07) is 16.9. The standard InChI is InChI=1S/C19H13Br2N3O2S/c20-16-2-4-17(5-3-16)27(25,26)24(13-14-7-9-23-10-8-14)19-6-1-15(12-22)11-18(19)21/h1-11H,13H2. The smallest absolute Gasteiger partial charge is 0.264 e. The quantitative estimate of drug-likeness (QED) is 0.494. The van der Waals surface area contributed by atoms with Crippen molar-refractivity contribution in [3.8, 4) is 6.07 Å². The molecule has 0 fully saturated rings. The van der Waals surface area contributed by atoms with Crippen LogP contribution in [0.3, 0.4) is 0 Å². The van der Waals surface area contributed by atoms with Gasteiger partial charge in [0.2, 0.25) is 0 Å². The summed E-state index contributed by atoms with van der Waals surface area (Å²) in [5.74, 6) is 0. The van der Waals surface area contributed by atoms with Crippen LogP contribution >= 0.6 is 31.9 Å². The molecule has 0 aliphatic rings. The number of anilines is 1. The van der Waals surface area contributed by atoms with Gasteiger partial charge in [-0.1, -0.05) is 15.9 Å². The van der Waals surface area contributed by atoms with Crippen molar-refractivity contribution in [1.82, 2.24) is 4.98 Å². The van der Waals surface area contributed by atoms with Gasteiger partial charge in [-0.2, -0.15) is 5.26 Å². The molecule has 3 rings (SSSR count). The predicted molar refractivity (Wildman–Crippen MR) is 111 cm³/mol. The highest BCUT2D eigenvalue weighted by molar-refractivity contribution is 9.10. The Morgan fingerprint density at radius 1 is 1.00 bits per heavy atom. The Morgan fingerprint density at radius 3 is 2.26 bits per heavy atom.